The van der Waals surface area contributed by atoms with E-state index in [2.05, 4.69) is 33.1 Å². The summed E-state index contributed by atoms with van der Waals surface area (Å²) in [7, 11) is 0. The summed E-state index contributed by atoms with van der Waals surface area (Å²) in [6.07, 6.45) is 4.91. The highest BCUT2D eigenvalue weighted by Crippen LogP contribution is 2.26. The minimum Gasteiger partial charge on any atom is -0.459 e. The molecule has 1 aliphatic heterocycles. The molecule has 4 rings (SSSR count). The number of rotatable bonds is 7. The molecule has 1 aliphatic rings. The molecule has 0 aliphatic carbocycles. The lowest BCUT2D eigenvalue weighted by atomic mass is 10.0. The lowest BCUT2D eigenvalue weighted by Crippen LogP contribution is -2.42. The van der Waals surface area contributed by atoms with E-state index in [0.717, 1.165) is 25.1 Å². The zero-order valence-corrected chi connectivity index (χ0v) is 21.4. The van der Waals surface area contributed by atoms with Crippen molar-refractivity contribution in [2.75, 3.05) is 34.4 Å². The molecule has 0 radical (unpaired) electrons. The summed E-state index contributed by atoms with van der Waals surface area (Å²) in [5, 5.41) is 12.6. The number of anilines is 4. The number of benzene rings is 2. The Morgan fingerprint density at radius 1 is 1.00 bits per heavy atom. The van der Waals surface area contributed by atoms with Crippen molar-refractivity contribution in [1.29, 1.82) is 0 Å². The van der Waals surface area contributed by atoms with Crippen LogP contribution in [-0.4, -0.2) is 41.0 Å². The van der Waals surface area contributed by atoms with Crippen LogP contribution in [0.25, 0.3) is 0 Å². The van der Waals surface area contributed by atoms with Gasteiger partial charge in [-0.1, -0.05) is 18.0 Å². The van der Waals surface area contributed by atoms with E-state index in [1.165, 1.54) is 12.7 Å². The Hall–Kier alpha value is -3.40. The summed E-state index contributed by atoms with van der Waals surface area (Å²) in [5.74, 6) is -0.161. The normalized spacial score (nSPS) is 15.7. The third kappa shape index (κ3) is 7.07. The molecule has 2 heterocycles. The van der Waals surface area contributed by atoms with E-state index >= 15 is 0 Å². The van der Waals surface area contributed by atoms with Crippen LogP contribution in [0.5, 0.6) is 0 Å². The zero-order chi connectivity index (χ0) is 25.5. The van der Waals surface area contributed by atoms with Crippen LogP contribution in [0.15, 0.2) is 65.3 Å². The highest BCUT2D eigenvalue weighted by molar-refractivity contribution is 7.80. The molecule has 8 nitrogen and oxygen atoms in total. The Labute approximate surface area is 220 Å². The van der Waals surface area contributed by atoms with Crippen LogP contribution in [-0.2, 0) is 4.79 Å². The number of hydrogen-bond donors (Lipinski definition) is 4. The van der Waals surface area contributed by atoms with E-state index in [9.17, 15) is 9.59 Å². The number of carbonyl (C=O) groups is 2. The predicted octanol–water partition coefficient (Wildman–Crippen LogP) is 5.81. The number of amides is 2. The Balaban J connectivity index is 1.27. The fraction of sp³-hybridized carbons (Fsp3) is 0.269. The number of nitrogens with one attached hydrogen (secondary N) is 4. The molecule has 1 aromatic heterocycles. The molecular weight excluding hydrogens is 498 g/mol. The largest absolute Gasteiger partial charge is 0.459 e. The summed E-state index contributed by atoms with van der Waals surface area (Å²) in [4.78, 5) is 26.8. The number of likely N-dealkylation sites (tertiary alicyclic amines) is 1. The molecule has 0 bridgehead atoms. The van der Waals surface area contributed by atoms with E-state index in [0.29, 0.717) is 39.8 Å². The number of carbonyl (C=O) groups excluding carboxylic acids is 2. The smallest absolute Gasteiger partial charge is 0.291 e. The molecule has 1 saturated heterocycles. The Bertz CT molecular complexity index is 1220. The summed E-state index contributed by atoms with van der Waals surface area (Å²) in [5.41, 5.74) is 2.61. The molecule has 0 spiro atoms. The maximum Gasteiger partial charge on any atom is 0.291 e. The van der Waals surface area contributed by atoms with Gasteiger partial charge in [-0.25, -0.2) is 0 Å². The van der Waals surface area contributed by atoms with Gasteiger partial charge in [-0.15, -0.1) is 0 Å². The van der Waals surface area contributed by atoms with Crippen molar-refractivity contribution in [3.63, 3.8) is 0 Å². The van der Waals surface area contributed by atoms with Crippen LogP contribution in [0, 0.1) is 0 Å². The minimum absolute atomic E-state index is 0.0765. The predicted molar refractivity (Wildman–Crippen MR) is 148 cm³/mol. The first-order valence-corrected chi connectivity index (χ1v) is 12.5. The van der Waals surface area contributed by atoms with Crippen molar-refractivity contribution in [2.45, 2.75) is 32.2 Å². The first-order valence-electron chi connectivity index (χ1n) is 11.7. The van der Waals surface area contributed by atoms with Gasteiger partial charge in [-0.05, 0) is 93.1 Å². The molecule has 2 amide bonds. The zero-order valence-electron chi connectivity index (χ0n) is 19.8. The van der Waals surface area contributed by atoms with Crippen molar-refractivity contribution >= 4 is 63.5 Å². The highest BCUT2D eigenvalue weighted by Gasteiger charge is 2.21. The highest BCUT2D eigenvalue weighted by atomic mass is 35.5. The average molecular weight is 526 g/mol. The van der Waals surface area contributed by atoms with Gasteiger partial charge in [0.25, 0.3) is 5.91 Å². The number of hydrogen-bond acceptors (Lipinski definition) is 5. The SMILES string of the molecule is CC1CCCCN1CC(=O)Nc1ccc(NC(=S)Nc2ccc(NC(=O)c3ccco3)cc2)cc1Cl. The van der Waals surface area contributed by atoms with Crippen LogP contribution in [0.3, 0.4) is 0 Å². The monoisotopic (exact) mass is 525 g/mol. The molecular formula is C26H28ClN5O3S. The number of furan rings is 1. The lowest BCUT2D eigenvalue weighted by molar-refractivity contribution is -0.118. The number of thiocarbonyl (C=S) groups is 1. The van der Waals surface area contributed by atoms with Gasteiger partial charge in [0.15, 0.2) is 10.9 Å². The van der Waals surface area contributed by atoms with Gasteiger partial charge in [0, 0.05) is 23.1 Å². The third-order valence-corrected chi connectivity index (χ3v) is 6.45. The lowest BCUT2D eigenvalue weighted by Gasteiger charge is -2.32. The third-order valence-electron chi connectivity index (χ3n) is 5.93. The van der Waals surface area contributed by atoms with Crippen molar-refractivity contribution in [3.05, 3.63) is 71.6 Å². The van der Waals surface area contributed by atoms with Crippen LogP contribution >= 0.6 is 23.8 Å². The second kappa shape index (κ2) is 12.0. The molecule has 2 aromatic carbocycles. The van der Waals surface area contributed by atoms with Crippen molar-refractivity contribution in [3.8, 4) is 0 Å². The first kappa shape index (κ1) is 25.7. The molecule has 3 aromatic rings. The van der Waals surface area contributed by atoms with E-state index in [-0.39, 0.29) is 17.6 Å². The number of halogens is 1. The fourth-order valence-electron chi connectivity index (χ4n) is 3.99. The minimum atomic E-state index is -0.324. The fourth-order valence-corrected chi connectivity index (χ4v) is 4.46. The molecule has 36 heavy (non-hydrogen) atoms. The van der Waals surface area contributed by atoms with E-state index in [4.69, 9.17) is 28.2 Å². The number of nitrogens with zero attached hydrogens (tertiary/aromatic N) is 1. The quantitative estimate of drug-likeness (QED) is 0.289. The summed E-state index contributed by atoms with van der Waals surface area (Å²) < 4.78 is 5.09. The molecule has 10 heteroatoms. The standard InChI is InChI=1S/C26H28ClN5O3S/c1-17-5-2-3-13-32(17)16-24(33)31-22-12-11-20(15-21(22)27)30-26(36)29-19-9-7-18(8-10-19)28-25(34)23-6-4-14-35-23/h4,6-12,14-15,17H,2-3,5,13,16H2,1H3,(H,28,34)(H,31,33)(H2,29,30,36). The van der Waals surface area contributed by atoms with Crippen LogP contribution in [0.2, 0.25) is 5.02 Å². The van der Waals surface area contributed by atoms with Gasteiger partial charge in [-0.2, -0.15) is 0 Å². The van der Waals surface area contributed by atoms with E-state index in [1.54, 1.807) is 54.6 Å². The van der Waals surface area contributed by atoms with E-state index < -0.39 is 0 Å². The molecule has 1 atom stereocenters. The summed E-state index contributed by atoms with van der Waals surface area (Å²) in [6.45, 7) is 3.46. The van der Waals surface area contributed by atoms with Gasteiger partial charge >= 0.3 is 0 Å². The van der Waals surface area contributed by atoms with Gasteiger partial charge < -0.3 is 25.7 Å². The topological polar surface area (TPSA) is 98.6 Å². The van der Waals surface area contributed by atoms with E-state index in [1.807, 2.05) is 0 Å². The van der Waals surface area contributed by atoms with Crippen molar-refractivity contribution in [2.24, 2.45) is 0 Å². The molecule has 0 saturated carbocycles. The maximum atomic E-state index is 12.5. The maximum absolute atomic E-state index is 12.5. The van der Waals surface area contributed by atoms with Crippen molar-refractivity contribution < 1.29 is 14.0 Å². The average Bonchev–Trinajstić information content (AvgIpc) is 3.39. The van der Waals surface area contributed by atoms with Gasteiger partial charge in [0.2, 0.25) is 5.91 Å². The molecule has 4 N–H and O–H groups in total. The molecule has 188 valence electrons. The van der Waals surface area contributed by atoms with Crippen LogP contribution < -0.4 is 21.3 Å². The second-order valence-electron chi connectivity index (χ2n) is 8.65. The molecule has 1 fully saturated rings. The Kier molecular flexibility index (Phi) is 8.58. The Morgan fingerprint density at radius 3 is 2.36 bits per heavy atom. The Morgan fingerprint density at radius 2 is 1.69 bits per heavy atom. The van der Waals surface area contributed by atoms with Gasteiger partial charge in [0.05, 0.1) is 23.5 Å². The first-order chi connectivity index (χ1) is 17.4. The van der Waals surface area contributed by atoms with Gasteiger partial charge in [-0.3, -0.25) is 14.5 Å². The summed E-state index contributed by atoms with van der Waals surface area (Å²) >= 11 is 11.8. The second-order valence-corrected chi connectivity index (χ2v) is 9.46. The van der Waals surface area contributed by atoms with Crippen molar-refractivity contribution in [1.82, 2.24) is 4.90 Å². The number of piperidine rings is 1. The molecule has 1 unspecified atom stereocenters. The van der Waals surface area contributed by atoms with Gasteiger partial charge in [0.1, 0.15) is 0 Å². The van der Waals surface area contributed by atoms with Crippen LogP contribution in [0.4, 0.5) is 22.7 Å². The summed E-state index contributed by atoms with van der Waals surface area (Å²) in [6, 6.07) is 16.0. The van der Waals surface area contributed by atoms with Crippen LogP contribution in [0.1, 0.15) is 36.7 Å².